The summed E-state index contributed by atoms with van der Waals surface area (Å²) in [7, 11) is 0. The number of hydrogen-bond donors (Lipinski definition) is 0. The Balaban J connectivity index is 2.51. The Labute approximate surface area is 68.0 Å². The predicted molar refractivity (Wildman–Crippen MR) is 38.3 cm³/mol. The molecule has 0 saturated heterocycles. The van der Waals surface area contributed by atoms with Crippen LogP contribution in [0.1, 0.15) is 24.3 Å². The molecule has 2 rings (SSSR count). The van der Waals surface area contributed by atoms with Crippen LogP contribution in [0.4, 0.5) is 13.2 Å². The van der Waals surface area contributed by atoms with Gasteiger partial charge in [0.1, 0.15) is 17.5 Å². The van der Waals surface area contributed by atoms with Gasteiger partial charge in [0.2, 0.25) is 0 Å². The van der Waals surface area contributed by atoms with Gasteiger partial charge in [0.15, 0.2) is 0 Å². The third-order valence-corrected chi connectivity index (χ3v) is 2.03. The average molecular weight is 172 g/mol. The van der Waals surface area contributed by atoms with Crippen LogP contribution < -0.4 is 0 Å². The number of halogens is 3. The molecule has 0 aromatic heterocycles. The molecule has 0 aliphatic heterocycles. The fourth-order valence-corrected chi connectivity index (χ4v) is 1.32. The lowest BCUT2D eigenvalue weighted by molar-refractivity contribution is 0.524. The molecule has 0 N–H and O–H groups in total. The number of benzene rings is 1. The van der Waals surface area contributed by atoms with Crippen molar-refractivity contribution in [3.05, 3.63) is 35.1 Å². The molecule has 0 nitrogen and oxygen atoms in total. The zero-order valence-electron chi connectivity index (χ0n) is 6.28. The van der Waals surface area contributed by atoms with Crippen LogP contribution in [0.3, 0.4) is 0 Å². The molecule has 1 aliphatic carbocycles. The second kappa shape index (κ2) is 2.51. The summed E-state index contributed by atoms with van der Waals surface area (Å²) in [6, 6.07) is 1.47. The fraction of sp³-hybridized carbons (Fsp3) is 0.333. The van der Waals surface area contributed by atoms with Gasteiger partial charge in [0.05, 0.1) is 0 Å². The Hall–Kier alpha value is -0.990. The largest absolute Gasteiger partial charge is 0.207 e. The molecule has 0 amide bonds. The van der Waals surface area contributed by atoms with E-state index in [1.165, 1.54) is 0 Å². The minimum atomic E-state index is -0.852. The van der Waals surface area contributed by atoms with Gasteiger partial charge in [-0.1, -0.05) is 0 Å². The zero-order valence-corrected chi connectivity index (χ0v) is 6.28. The topological polar surface area (TPSA) is 0 Å². The molecule has 0 unspecified atom stereocenters. The van der Waals surface area contributed by atoms with Crippen molar-refractivity contribution in [1.82, 2.24) is 0 Å². The van der Waals surface area contributed by atoms with E-state index in [9.17, 15) is 13.2 Å². The molecule has 1 fully saturated rings. The fourth-order valence-electron chi connectivity index (χ4n) is 1.32. The molecular formula is C9H7F3. The molecular weight excluding hydrogens is 165 g/mol. The van der Waals surface area contributed by atoms with Crippen molar-refractivity contribution in [2.24, 2.45) is 0 Å². The lowest BCUT2D eigenvalue weighted by atomic mass is 10.1. The summed E-state index contributed by atoms with van der Waals surface area (Å²) >= 11 is 0. The van der Waals surface area contributed by atoms with Crippen molar-refractivity contribution in [2.75, 3.05) is 0 Å². The van der Waals surface area contributed by atoms with E-state index < -0.39 is 17.5 Å². The van der Waals surface area contributed by atoms with Gasteiger partial charge in [-0.25, -0.2) is 13.2 Å². The minimum absolute atomic E-state index is 0.0226. The Morgan fingerprint density at radius 1 is 1.00 bits per heavy atom. The van der Waals surface area contributed by atoms with Gasteiger partial charge >= 0.3 is 0 Å². The summed E-state index contributed by atoms with van der Waals surface area (Å²) < 4.78 is 38.3. The maximum atomic E-state index is 12.9. The molecule has 1 aromatic carbocycles. The second-order valence-electron chi connectivity index (χ2n) is 3.06. The van der Waals surface area contributed by atoms with Crippen molar-refractivity contribution in [3.63, 3.8) is 0 Å². The molecule has 3 heteroatoms. The SMILES string of the molecule is Fc1cc(F)c(C2CC2)c(F)c1. The highest BCUT2D eigenvalue weighted by atomic mass is 19.1. The van der Waals surface area contributed by atoms with E-state index in [1.807, 2.05) is 0 Å². The Bertz CT molecular complexity index is 293. The predicted octanol–water partition coefficient (Wildman–Crippen LogP) is 2.98. The molecule has 0 spiro atoms. The first-order chi connectivity index (χ1) is 5.68. The van der Waals surface area contributed by atoms with Crippen molar-refractivity contribution in [2.45, 2.75) is 18.8 Å². The maximum Gasteiger partial charge on any atom is 0.132 e. The average Bonchev–Trinajstić information content (AvgIpc) is 2.68. The summed E-state index contributed by atoms with van der Waals surface area (Å²) in [5.74, 6) is -2.38. The Kier molecular flexibility index (Phi) is 1.60. The summed E-state index contributed by atoms with van der Waals surface area (Å²) in [5.41, 5.74) is 0.0522. The Morgan fingerprint density at radius 3 is 1.92 bits per heavy atom. The molecule has 0 heterocycles. The first kappa shape index (κ1) is 7.65. The van der Waals surface area contributed by atoms with E-state index in [-0.39, 0.29) is 11.5 Å². The van der Waals surface area contributed by atoms with Crippen molar-refractivity contribution in [3.8, 4) is 0 Å². The summed E-state index contributed by atoms with van der Waals surface area (Å²) in [5, 5.41) is 0. The third kappa shape index (κ3) is 1.19. The second-order valence-corrected chi connectivity index (χ2v) is 3.06. The van der Waals surface area contributed by atoms with Gasteiger partial charge in [-0.2, -0.15) is 0 Å². The highest BCUT2D eigenvalue weighted by Crippen LogP contribution is 2.42. The van der Waals surface area contributed by atoms with Crippen LogP contribution in [0.5, 0.6) is 0 Å². The minimum Gasteiger partial charge on any atom is -0.207 e. The van der Waals surface area contributed by atoms with Crippen LogP contribution in [0.15, 0.2) is 12.1 Å². The normalized spacial score (nSPS) is 16.6. The quantitative estimate of drug-likeness (QED) is 0.610. The van der Waals surface area contributed by atoms with E-state index >= 15 is 0 Å². The summed E-state index contributed by atoms with van der Waals surface area (Å²) in [6.45, 7) is 0. The number of hydrogen-bond acceptors (Lipinski definition) is 0. The molecule has 1 saturated carbocycles. The third-order valence-electron chi connectivity index (χ3n) is 2.03. The van der Waals surface area contributed by atoms with E-state index in [1.54, 1.807) is 0 Å². The zero-order chi connectivity index (χ0) is 8.72. The van der Waals surface area contributed by atoms with E-state index in [2.05, 4.69) is 0 Å². The van der Waals surface area contributed by atoms with Crippen molar-refractivity contribution in [1.29, 1.82) is 0 Å². The van der Waals surface area contributed by atoms with Crippen molar-refractivity contribution < 1.29 is 13.2 Å². The summed E-state index contributed by atoms with van der Waals surface area (Å²) in [4.78, 5) is 0. The highest BCUT2D eigenvalue weighted by Gasteiger charge is 2.29. The molecule has 0 radical (unpaired) electrons. The summed E-state index contributed by atoms with van der Waals surface area (Å²) in [6.07, 6.45) is 1.61. The van der Waals surface area contributed by atoms with Gasteiger partial charge < -0.3 is 0 Å². The molecule has 1 aliphatic rings. The van der Waals surface area contributed by atoms with E-state index in [0.717, 1.165) is 25.0 Å². The molecule has 0 bridgehead atoms. The standard InChI is InChI=1S/C9H7F3/c10-6-3-7(11)9(5-1-2-5)8(12)4-6/h3-5H,1-2H2. The Morgan fingerprint density at radius 2 is 1.50 bits per heavy atom. The lowest BCUT2D eigenvalue weighted by Gasteiger charge is -2.01. The van der Waals surface area contributed by atoms with Crippen LogP contribution in [0.2, 0.25) is 0 Å². The van der Waals surface area contributed by atoms with Gasteiger partial charge in [0.25, 0.3) is 0 Å². The van der Waals surface area contributed by atoms with Crippen LogP contribution in [-0.2, 0) is 0 Å². The molecule has 1 aromatic rings. The van der Waals surface area contributed by atoms with Crippen LogP contribution in [0.25, 0.3) is 0 Å². The first-order valence-electron chi connectivity index (χ1n) is 3.83. The van der Waals surface area contributed by atoms with Crippen LogP contribution in [-0.4, -0.2) is 0 Å². The maximum absolute atomic E-state index is 12.9. The highest BCUT2D eigenvalue weighted by molar-refractivity contribution is 5.27. The van der Waals surface area contributed by atoms with E-state index in [4.69, 9.17) is 0 Å². The van der Waals surface area contributed by atoms with Gasteiger partial charge in [-0.15, -0.1) is 0 Å². The van der Waals surface area contributed by atoms with Crippen molar-refractivity contribution >= 4 is 0 Å². The number of rotatable bonds is 1. The van der Waals surface area contributed by atoms with Gasteiger partial charge in [-0.05, 0) is 18.8 Å². The smallest absolute Gasteiger partial charge is 0.132 e. The molecule has 0 atom stereocenters. The van der Waals surface area contributed by atoms with Crippen LogP contribution >= 0.6 is 0 Å². The monoisotopic (exact) mass is 172 g/mol. The first-order valence-corrected chi connectivity index (χ1v) is 3.83. The molecule has 12 heavy (non-hydrogen) atoms. The molecule has 64 valence electrons. The van der Waals surface area contributed by atoms with E-state index in [0.29, 0.717) is 0 Å². The van der Waals surface area contributed by atoms with Gasteiger partial charge in [0, 0.05) is 17.7 Å². The lowest BCUT2D eigenvalue weighted by Crippen LogP contribution is -1.94. The van der Waals surface area contributed by atoms with Gasteiger partial charge in [-0.3, -0.25) is 0 Å². The van der Waals surface area contributed by atoms with Crippen LogP contribution in [0, 0.1) is 17.5 Å².